The predicted octanol–water partition coefficient (Wildman–Crippen LogP) is 4.35. The molecule has 2 aromatic carbocycles. The Bertz CT molecular complexity index is 899. The maximum Gasteiger partial charge on any atom is 0.248 e. The quantitative estimate of drug-likeness (QED) is 0.763. The summed E-state index contributed by atoms with van der Waals surface area (Å²) in [6, 6.07) is 10.7. The second kappa shape index (κ2) is 8.29. The van der Waals surface area contributed by atoms with Crippen molar-refractivity contribution in [2.45, 2.75) is 26.3 Å². The van der Waals surface area contributed by atoms with Gasteiger partial charge in [-0.25, -0.2) is 8.42 Å². The Kier molecular flexibility index (Phi) is 6.55. The zero-order valence-electron chi connectivity index (χ0n) is 14.7. The smallest absolute Gasteiger partial charge is 0.248 e. The zero-order valence-corrected chi connectivity index (χ0v) is 17.0. The van der Waals surface area contributed by atoms with Crippen molar-refractivity contribution in [2.75, 3.05) is 15.9 Å². The maximum absolute atomic E-state index is 12.6. The third-order valence-electron chi connectivity index (χ3n) is 3.87. The minimum absolute atomic E-state index is 0.313. The van der Waals surface area contributed by atoms with E-state index in [1.54, 1.807) is 24.3 Å². The van der Waals surface area contributed by atoms with Crippen LogP contribution >= 0.6 is 23.2 Å². The summed E-state index contributed by atoms with van der Waals surface area (Å²) in [5.74, 6) is -0.515. The molecule has 0 radical (unpaired) electrons. The highest BCUT2D eigenvalue weighted by molar-refractivity contribution is 7.92. The van der Waals surface area contributed by atoms with Gasteiger partial charge in [-0.05, 0) is 49.2 Å². The largest absolute Gasteiger partial charge is 0.323 e. The second-order valence-corrected chi connectivity index (χ2v) is 8.57. The van der Waals surface area contributed by atoms with E-state index in [1.165, 1.54) is 13.0 Å². The summed E-state index contributed by atoms with van der Waals surface area (Å²) in [4.78, 5) is 12.6. The molecule has 8 heteroatoms. The molecule has 0 spiro atoms. The lowest BCUT2D eigenvalue weighted by molar-refractivity contribution is -0.116. The monoisotopic (exact) mass is 414 g/mol. The number of hydrogen-bond acceptors (Lipinski definition) is 3. The first kappa shape index (κ1) is 20.6. The molecule has 1 amide bonds. The molecule has 0 aromatic heterocycles. The standard InChI is InChI=1S/C18H20Cl2N2O3S/c1-4-13-5-8-15(9-6-13)22(26(3,24)25)12(2)18(23)21-17-11-14(19)7-10-16(17)20/h5-12H,4H2,1-3H3,(H,21,23). The Morgan fingerprint density at radius 3 is 2.31 bits per heavy atom. The van der Waals surface area contributed by atoms with Gasteiger partial charge in [-0.15, -0.1) is 0 Å². The Balaban J connectivity index is 2.32. The fraction of sp³-hybridized carbons (Fsp3) is 0.278. The molecule has 2 rings (SSSR count). The van der Waals surface area contributed by atoms with Crippen LogP contribution in [0, 0.1) is 0 Å². The number of nitrogens with one attached hydrogen (secondary N) is 1. The van der Waals surface area contributed by atoms with Crippen molar-refractivity contribution in [1.82, 2.24) is 0 Å². The Morgan fingerprint density at radius 1 is 1.15 bits per heavy atom. The maximum atomic E-state index is 12.6. The van der Waals surface area contributed by atoms with Crippen LogP contribution in [0.2, 0.25) is 10.0 Å². The lowest BCUT2D eigenvalue weighted by Gasteiger charge is -2.28. The molecule has 1 N–H and O–H groups in total. The molecule has 0 aliphatic carbocycles. The lowest BCUT2D eigenvalue weighted by atomic mass is 10.1. The van der Waals surface area contributed by atoms with E-state index in [0.717, 1.165) is 22.5 Å². The minimum atomic E-state index is -3.68. The van der Waals surface area contributed by atoms with Gasteiger partial charge in [0, 0.05) is 5.02 Å². The van der Waals surface area contributed by atoms with E-state index in [-0.39, 0.29) is 0 Å². The first-order valence-corrected chi connectivity index (χ1v) is 10.6. The number of carbonyl (C=O) groups excluding carboxylic acids is 1. The molecular formula is C18H20Cl2N2O3S. The summed E-state index contributed by atoms with van der Waals surface area (Å²) >= 11 is 12.0. The van der Waals surface area contributed by atoms with E-state index in [2.05, 4.69) is 5.32 Å². The number of nitrogens with zero attached hydrogens (tertiary/aromatic N) is 1. The van der Waals surface area contributed by atoms with Gasteiger partial charge >= 0.3 is 0 Å². The molecule has 1 unspecified atom stereocenters. The van der Waals surface area contributed by atoms with E-state index in [1.807, 2.05) is 19.1 Å². The molecule has 0 heterocycles. The van der Waals surface area contributed by atoms with Crippen LogP contribution in [-0.4, -0.2) is 26.6 Å². The van der Waals surface area contributed by atoms with Crippen LogP contribution in [0.15, 0.2) is 42.5 Å². The van der Waals surface area contributed by atoms with Gasteiger partial charge < -0.3 is 5.32 Å². The Morgan fingerprint density at radius 2 is 1.77 bits per heavy atom. The van der Waals surface area contributed by atoms with Crippen molar-refractivity contribution in [3.63, 3.8) is 0 Å². The molecule has 1 atom stereocenters. The van der Waals surface area contributed by atoms with Gasteiger partial charge in [-0.1, -0.05) is 42.3 Å². The third-order valence-corrected chi connectivity index (χ3v) is 5.68. The summed E-state index contributed by atoms with van der Waals surface area (Å²) in [5.41, 5.74) is 1.82. The first-order valence-electron chi connectivity index (χ1n) is 7.97. The van der Waals surface area contributed by atoms with Gasteiger partial charge in [0.05, 0.1) is 22.7 Å². The molecule has 0 bridgehead atoms. The summed E-state index contributed by atoms with van der Waals surface area (Å²) in [6.45, 7) is 3.52. The highest BCUT2D eigenvalue weighted by Crippen LogP contribution is 2.27. The molecule has 5 nitrogen and oxygen atoms in total. The SMILES string of the molecule is CCc1ccc(N(C(C)C(=O)Nc2cc(Cl)ccc2Cl)S(C)(=O)=O)cc1. The highest BCUT2D eigenvalue weighted by atomic mass is 35.5. The van der Waals surface area contributed by atoms with E-state index in [4.69, 9.17) is 23.2 Å². The summed E-state index contributed by atoms with van der Waals surface area (Å²) in [5, 5.41) is 3.36. The van der Waals surface area contributed by atoms with E-state index >= 15 is 0 Å². The van der Waals surface area contributed by atoms with Crippen LogP contribution in [0.3, 0.4) is 0 Å². The van der Waals surface area contributed by atoms with Crippen molar-refractivity contribution >= 4 is 50.5 Å². The van der Waals surface area contributed by atoms with Gasteiger partial charge in [0.15, 0.2) is 0 Å². The number of aryl methyl sites for hydroxylation is 1. The summed E-state index contributed by atoms with van der Waals surface area (Å²) in [6.07, 6.45) is 1.90. The van der Waals surface area contributed by atoms with Crippen molar-refractivity contribution in [3.05, 3.63) is 58.1 Å². The molecule has 0 aliphatic rings. The molecule has 0 fully saturated rings. The number of benzene rings is 2. The minimum Gasteiger partial charge on any atom is -0.323 e. The number of hydrogen-bond donors (Lipinski definition) is 1. The molecule has 140 valence electrons. The van der Waals surface area contributed by atoms with Crippen LogP contribution in [-0.2, 0) is 21.2 Å². The van der Waals surface area contributed by atoms with E-state index in [0.29, 0.717) is 21.4 Å². The van der Waals surface area contributed by atoms with Gasteiger partial charge in [-0.2, -0.15) is 0 Å². The third kappa shape index (κ3) is 4.90. The second-order valence-electron chi connectivity index (χ2n) is 5.87. The highest BCUT2D eigenvalue weighted by Gasteiger charge is 2.29. The molecule has 26 heavy (non-hydrogen) atoms. The summed E-state index contributed by atoms with van der Waals surface area (Å²) in [7, 11) is -3.68. The molecule has 0 saturated heterocycles. The number of halogens is 2. The number of rotatable bonds is 6. The van der Waals surface area contributed by atoms with Crippen LogP contribution < -0.4 is 9.62 Å². The normalized spacial score (nSPS) is 12.5. The number of anilines is 2. The molecule has 0 aliphatic heterocycles. The Hall–Kier alpha value is -1.76. The average molecular weight is 415 g/mol. The van der Waals surface area contributed by atoms with Gasteiger partial charge in [0.25, 0.3) is 0 Å². The van der Waals surface area contributed by atoms with Crippen molar-refractivity contribution in [1.29, 1.82) is 0 Å². The molecule has 2 aromatic rings. The van der Waals surface area contributed by atoms with E-state index < -0.39 is 22.0 Å². The average Bonchev–Trinajstić information content (AvgIpc) is 2.57. The number of sulfonamides is 1. The van der Waals surface area contributed by atoms with Gasteiger partial charge in [0.2, 0.25) is 15.9 Å². The van der Waals surface area contributed by atoms with Crippen LogP contribution in [0.4, 0.5) is 11.4 Å². The zero-order chi connectivity index (χ0) is 19.5. The van der Waals surface area contributed by atoms with Crippen LogP contribution in [0.1, 0.15) is 19.4 Å². The van der Waals surface area contributed by atoms with Crippen molar-refractivity contribution in [2.24, 2.45) is 0 Å². The molecular weight excluding hydrogens is 395 g/mol. The topological polar surface area (TPSA) is 66.5 Å². The lowest BCUT2D eigenvalue weighted by Crippen LogP contribution is -2.45. The molecule has 0 saturated carbocycles. The number of carbonyl (C=O) groups is 1. The van der Waals surface area contributed by atoms with Gasteiger partial charge in [0.1, 0.15) is 6.04 Å². The summed E-state index contributed by atoms with van der Waals surface area (Å²) < 4.78 is 25.7. The van der Waals surface area contributed by atoms with Crippen molar-refractivity contribution in [3.8, 4) is 0 Å². The van der Waals surface area contributed by atoms with Crippen molar-refractivity contribution < 1.29 is 13.2 Å². The Labute approximate surface area is 164 Å². The van der Waals surface area contributed by atoms with Gasteiger partial charge in [-0.3, -0.25) is 9.10 Å². The number of amides is 1. The van der Waals surface area contributed by atoms with Crippen LogP contribution in [0.25, 0.3) is 0 Å². The predicted molar refractivity (Wildman–Crippen MR) is 108 cm³/mol. The van der Waals surface area contributed by atoms with E-state index in [9.17, 15) is 13.2 Å². The first-order chi connectivity index (χ1) is 12.1. The fourth-order valence-corrected chi connectivity index (χ4v) is 4.03. The fourth-order valence-electron chi connectivity index (χ4n) is 2.52. The van der Waals surface area contributed by atoms with Crippen LogP contribution in [0.5, 0.6) is 0 Å².